The van der Waals surface area contributed by atoms with Crippen LogP contribution in [0.3, 0.4) is 0 Å². The maximum absolute atomic E-state index is 13.9. The fourth-order valence-electron chi connectivity index (χ4n) is 4.91. The van der Waals surface area contributed by atoms with E-state index in [1.165, 1.54) is 13.2 Å². The molecule has 39 heavy (non-hydrogen) atoms. The minimum absolute atomic E-state index is 0.138. The summed E-state index contributed by atoms with van der Waals surface area (Å²) in [4.78, 5) is 27.6. The number of hydrogen-bond acceptors (Lipinski definition) is 6. The first kappa shape index (κ1) is 26.2. The standard InChI is InChI=1S/C32H27O6P/c1-36-24-20-18-23(19-21-24)28-22-29(33)32(35,38-28)30(31(34)37-2)39(25-12-6-3-7-13-25,26-14-8-4-9-15-26)27-16-10-5-11-17-27/h3-22,35H,1-2H3. The van der Waals surface area contributed by atoms with Gasteiger partial charge in [-0.25, -0.2) is 4.79 Å². The van der Waals surface area contributed by atoms with E-state index >= 15 is 0 Å². The maximum Gasteiger partial charge on any atom is 0.342 e. The van der Waals surface area contributed by atoms with E-state index in [4.69, 9.17) is 14.2 Å². The number of carbonyl (C=O) groups excluding carboxylic acids is 2. The molecular weight excluding hydrogens is 511 g/mol. The van der Waals surface area contributed by atoms with Gasteiger partial charge in [0.1, 0.15) is 16.8 Å². The highest BCUT2D eigenvalue weighted by atomic mass is 31.2. The van der Waals surface area contributed by atoms with Gasteiger partial charge in [-0.15, -0.1) is 0 Å². The number of ether oxygens (including phenoxy) is 3. The first-order chi connectivity index (χ1) is 18.9. The molecule has 1 unspecified atom stereocenters. The molecule has 1 aliphatic rings. The van der Waals surface area contributed by atoms with Crippen LogP contribution < -0.4 is 20.7 Å². The lowest BCUT2D eigenvalue weighted by molar-refractivity contribution is -0.152. The summed E-state index contributed by atoms with van der Waals surface area (Å²) in [5.41, 5.74) is 0.548. The molecule has 0 saturated carbocycles. The Hall–Kier alpha value is -4.38. The van der Waals surface area contributed by atoms with Crippen LogP contribution in [0.1, 0.15) is 5.56 Å². The van der Waals surface area contributed by atoms with Crippen LogP contribution in [0.15, 0.2) is 121 Å². The monoisotopic (exact) mass is 538 g/mol. The molecule has 0 aliphatic carbocycles. The number of esters is 1. The molecule has 5 rings (SSSR count). The molecule has 1 N–H and O–H groups in total. The molecule has 6 nitrogen and oxygen atoms in total. The Morgan fingerprint density at radius 2 is 1.21 bits per heavy atom. The highest BCUT2D eigenvalue weighted by Gasteiger charge is 2.55. The van der Waals surface area contributed by atoms with Crippen molar-refractivity contribution in [2.45, 2.75) is 5.79 Å². The Morgan fingerprint density at radius 3 is 1.62 bits per heavy atom. The molecule has 0 aromatic heterocycles. The second kappa shape index (κ2) is 10.8. The van der Waals surface area contributed by atoms with Gasteiger partial charge in [-0.1, -0.05) is 91.0 Å². The fraction of sp³-hybridized carbons (Fsp3) is 0.0938. The average molecular weight is 539 g/mol. The Labute approximate surface area is 227 Å². The minimum atomic E-state index is -3.23. The van der Waals surface area contributed by atoms with Gasteiger partial charge in [0, 0.05) is 11.6 Å². The zero-order valence-corrected chi connectivity index (χ0v) is 22.4. The van der Waals surface area contributed by atoms with Crippen molar-refractivity contribution in [2.24, 2.45) is 0 Å². The van der Waals surface area contributed by atoms with Crippen molar-refractivity contribution in [3.05, 3.63) is 127 Å². The van der Waals surface area contributed by atoms with E-state index < -0.39 is 24.4 Å². The van der Waals surface area contributed by atoms with Gasteiger partial charge in [0.05, 0.1) is 14.2 Å². The zero-order valence-electron chi connectivity index (χ0n) is 21.5. The van der Waals surface area contributed by atoms with E-state index in [1.54, 1.807) is 31.4 Å². The number of ketones is 1. The first-order valence-electron chi connectivity index (χ1n) is 12.3. The van der Waals surface area contributed by atoms with Crippen molar-refractivity contribution >= 4 is 45.6 Å². The summed E-state index contributed by atoms with van der Waals surface area (Å²) in [6, 6.07) is 35.1. The van der Waals surface area contributed by atoms with Crippen LogP contribution >= 0.6 is 6.89 Å². The van der Waals surface area contributed by atoms with Crippen molar-refractivity contribution in [1.82, 2.24) is 0 Å². The minimum Gasteiger partial charge on any atom is -0.497 e. The molecule has 0 radical (unpaired) electrons. The van der Waals surface area contributed by atoms with Crippen LogP contribution in [-0.4, -0.2) is 42.2 Å². The highest BCUT2D eigenvalue weighted by Crippen LogP contribution is 2.50. The molecule has 0 amide bonds. The van der Waals surface area contributed by atoms with Crippen molar-refractivity contribution in [2.75, 3.05) is 14.2 Å². The van der Waals surface area contributed by atoms with Crippen molar-refractivity contribution < 1.29 is 28.9 Å². The highest BCUT2D eigenvalue weighted by molar-refractivity contribution is 7.96. The second-order valence-corrected chi connectivity index (χ2v) is 12.2. The van der Waals surface area contributed by atoms with E-state index in [-0.39, 0.29) is 11.1 Å². The summed E-state index contributed by atoms with van der Waals surface area (Å²) < 4.78 is 16.6. The number of hydrogen-bond donors (Lipinski definition) is 1. The summed E-state index contributed by atoms with van der Waals surface area (Å²) in [5.74, 6) is -3.44. The number of benzene rings is 4. The summed E-state index contributed by atoms with van der Waals surface area (Å²) in [7, 11) is 2.79. The van der Waals surface area contributed by atoms with Gasteiger partial charge in [-0.3, -0.25) is 4.79 Å². The van der Waals surface area contributed by atoms with Crippen LogP contribution in [-0.2, 0) is 19.1 Å². The Kier molecular flexibility index (Phi) is 7.25. The summed E-state index contributed by atoms with van der Waals surface area (Å²) >= 11 is 0. The Balaban J connectivity index is 1.88. The molecule has 1 aliphatic heterocycles. The molecule has 0 bridgehead atoms. The van der Waals surface area contributed by atoms with Crippen LogP contribution in [0.2, 0.25) is 0 Å². The molecule has 1 heterocycles. The maximum atomic E-state index is 13.9. The summed E-state index contributed by atoms with van der Waals surface area (Å²) in [5, 5.41) is 14.3. The molecule has 4 aromatic rings. The van der Waals surface area contributed by atoms with Gasteiger partial charge in [-0.2, -0.15) is 0 Å². The average Bonchev–Trinajstić information content (AvgIpc) is 3.31. The first-order valence-corrected chi connectivity index (χ1v) is 14.1. The van der Waals surface area contributed by atoms with E-state index in [0.717, 1.165) is 15.9 Å². The lowest BCUT2D eigenvalue weighted by Gasteiger charge is -2.36. The van der Waals surface area contributed by atoms with E-state index in [1.807, 2.05) is 91.0 Å². The van der Waals surface area contributed by atoms with Gasteiger partial charge < -0.3 is 19.3 Å². The third-order valence-electron chi connectivity index (χ3n) is 6.69. The van der Waals surface area contributed by atoms with Gasteiger partial charge in [0.15, 0.2) is 0 Å². The van der Waals surface area contributed by atoms with Crippen LogP contribution in [0.4, 0.5) is 0 Å². The molecule has 0 fully saturated rings. The number of rotatable bonds is 7. The normalized spacial score (nSPS) is 16.7. The van der Waals surface area contributed by atoms with E-state index in [2.05, 4.69) is 0 Å². The fourth-order valence-corrected chi connectivity index (χ4v) is 9.41. The van der Waals surface area contributed by atoms with Gasteiger partial charge in [0.2, 0.25) is 5.78 Å². The number of aliphatic hydroxyl groups is 1. The lowest BCUT2D eigenvalue weighted by atomic mass is 10.1. The predicted octanol–water partition coefficient (Wildman–Crippen LogP) is 3.66. The van der Waals surface area contributed by atoms with E-state index in [0.29, 0.717) is 11.3 Å². The van der Waals surface area contributed by atoms with Crippen LogP contribution in [0, 0.1) is 0 Å². The molecule has 4 aromatic carbocycles. The SMILES string of the molecule is COC(=O)C(C1(O)OC(c2ccc(OC)cc2)=CC1=O)=P(c1ccccc1)(c1ccccc1)c1ccccc1. The molecule has 0 spiro atoms. The van der Waals surface area contributed by atoms with Gasteiger partial charge in [0.25, 0.3) is 0 Å². The number of methoxy groups -OCH3 is 2. The van der Waals surface area contributed by atoms with Crippen molar-refractivity contribution in [3.8, 4) is 5.75 Å². The molecule has 0 saturated heterocycles. The van der Waals surface area contributed by atoms with Crippen LogP contribution in [0.25, 0.3) is 5.76 Å². The summed E-state index contributed by atoms with van der Waals surface area (Å²) in [6.45, 7) is -3.23. The van der Waals surface area contributed by atoms with Crippen LogP contribution in [0.5, 0.6) is 5.75 Å². The molecule has 7 heteroatoms. The topological polar surface area (TPSA) is 82.1 Å². The summed E-state index contributed by atoms with van der Waals surface area (Å²) in [6.07, 6.45) is 1.22. The van der Waals surface area contributed by atoms with Gasteiger partial charge in [-0.05, 0) is 47.1 Å². The molecule has 1 atom stereocenters. The predicted molar refractivity (Wildman–Crippen MR) is 154 cm³/mol. The van der Waals surface area contributed by atoms with Crippen molar-refractivity contribution in [1.29, 1.82) is 0 Å². The Morgan fingerprint density at radius 1 is 0.744 bits per heavy atom. The van der Waals surface area contributed by atoms with Gasteiger partial charge >= 0.3 is 11.8 Å². The Bertz CT molecular complexity index is 1480. The smallest absolute Gasteiger partial charge is 0.342 e. The third-order valence-corrected chi connectivity index (χ3v) is 11.1. The molecular formula is C32H27O6P. The third kappa shape index (κ3) is 4.48. The second-order valence-electron chi connectivity index (χ2n) is 8.87. The van der Waals surface area contributed by atoms with E-state index in [9.17, 15) is 14.7 Å². The molecule has 196 valence electrons. The zero-order chi connectivity index (χ0) is 27.5. The lowest BCUT2D eigenvalue weighted by Crippen LogP contribution is -2.52. The quantitative estimate of drug-likeness (QED) is 0.286. The number of carbonyl (C=O) groups is 2. The van der Waals surface area contributed by atoms with Crippen molar-refractivity contribution in [3.63, 3.8) is 0 Å². The largest absolute Gasteiger partial charge is 0.497 e.